The first-order valence-corrected chi connectivity index (χ1v) is 6.40. The van der Waals surface area contributed by atoms with Crippen molar-refractivity contribution in [1.82, 2.24) is 0 Å². The van der Waals surface area contributed by atoms with Gasteiger partial charge < -0.3 is 14.2 Å². The molecule has 1 unspecified atom stereocenters. The molecule has 0 bridgehead atoms. The van der Waals surface area contributed by atoms with Crippen LogP contribution in [0.3, 0.4) is 0 Å². The van der Waals surface area contributed by atoms with Crippen molar-refractivity contribution in [2.24, 2.45) is 0 Å². The number of rotatable bonds is 9. The molecule has 0 radical (unpaired) electrons. The summed E-state index contributed by atoms with van der Waals surface area (Å²) in [6.45, 7) is 5.05. The van der Waals surface area contributed by atoms with Crippen LogP contribution < -0.4 is 0 Å². The van der Waals surface area contributed by atoms with Gasteiger partial charge in [0, 0.05) is 6.61 Å². The lowest BCUT2D eigenvalue weighted by atomic mass is 10.1. The fourth-order valence-corrected chi connectivity index (χ4v) is 1.69. The highest BCUT2D eigenvalue weighted by molar-refractivity contribution is 5.78. The summed E-state index contributed by atoms with van der Waals surface area (Å²) >= 11 is 0. The van der Waals surface area contributed by atoms with E-state index in [2.05, 4.69) is 4.74 Å². The zero-order chi connectivity index (χ0) is 12.7. The second kappa shape index (κ2) is 6.97. The third kappa shape index (κ3) is 6.03. The van der Waals surface area contributed by atoms with Crippen molar-refractivity contribution in [3.05, 3.63) is 0 Å². The van der Waals surface area contributed by atoms with E-state index >= 15 is 0 Å². The first-order valence-electron chi connectivity index (χ1n) is 6.40. The minimum absolute atomic E-state index is 0.316. The highest BCUT2D eigenvalue weighted by Gasteiger charge is 2.29. The number of ether oxygens (including phenoxy) is 3. The summed E-state index contributed by atoms with van der Waals surface area (Å²) in [5.41, 5.74) is -0.823. The van der Waals surface area contributed by atoms with Gasteiger partial charge in [-0.15, -0.1) is 0 Å². The van der Waals surface area contributed by atoms with Gasteiger partial charge in [-0.1, -0.05) is 19.3 Å². The van der Waals surface area contributed by atoms with Crippen molar-refractivity contribution < 1.29 is 19.0 Å². The summed E-state index contributed by atoms with van der Waals surface area (Å²) in [4.78, 5) is 11.3. The lowest BCUT2D eigenvalue weighted by Crippen LogP contribution is -2.36. The van der Waals surface area contributed by atoms with Crippen LogP contribution in [0.5, 0.6) is 0 Å². The van der Waals surface area contributed by atoms with Crippen LogP contribution in [-0.2, 0) is 19.0 Å². The van der Waals surface area contributed by atoms with Crippen molar-refractivity contribution in [2.45, 2.75) is 57.7 Å². The number of carbonyl (C=O) groups excluding carboxylic acids is 1. The van der Waals surface area contributed by atoms with Gasteiger partial charge in [0.2, 0.25) is 0 Å². The van der Waals surface area contributed by atoms with Crippen LogP contribution in [0.25, 0.3) is 0 Å². The summed E-state index contributed by atoms with van der Waals surface area (Å²) in [6.07, 6.45) is 6.31. The van der Waals surface area contributed by atoms with Crippen molar-refractivity contribution in [2.75, 3.05) is 20.3 Å². The predicted octanol–water partition coefficient (Wildman–Crippen LogP) is 2.30. The lowest BCUT2D eigenvalue weighted by molar-refractivity contribution is -0.165. The largest absolute Gasteiger partial charge is 0.467 e. The van der Waals surface area contributed by atoms with Crippen LogP contribution in [0.15, 0.2) is 0 Å². The molecule has 1 saturated heterocycles. The number of methoxy groups -OCH3 is 1. The fraction of sp³-hybridized carbons (Fsp3) is 0.923. The van der Waals surface area contributed by atoms with E-state index in [-0.39, 0.29) is 5.97 Å². The van der Waals surface area contributed by atoms with Crippen LogP contribution in [0.2, 0.25) is 0 Å². The van der Waals surface area contributed by atoms with Crippen LogP contribution >= 0.6 is 0 Å². The highest BCUT2D eigenvalue weighted by atomic mass is 16.6. The van der Waals surface area contributed by atoms with Crippen molar-refractivity contribution in [3.63, 3.8) is 0 Å². The van der Waals surface area contributed by atoms with E-state index in [0.717, 1.165) is 19.4 Å². The van der Waals surface area contributed by atoms with Gasteiger partial charge in [0.05, 0.1) is 19.8 Å². The Kier molecular flexibility index (Phi) is 5.92. The molecule has 1 aliphatic heterocycles. The molecule has 0 aliphatic carbocycles. The van der Waals surface area contributed by atoms with Gasteiger partial charge >= 0.3 is 5.97 Å². The molecule has 0 saturated carbocycles. The Labute approximate surface area is 104 Å². The number of esters is 1. The summed E-state index contributed by atoms with van der Waals surface area (Å²) in [7, 11) is 1.38. The molecule has 17 heavy (non-hydrogen) atoms. The minimum Gasteiger partial charge on any atom is -0.467 e. The molecular weight excluding hydrogens is 220 g/mol. The Morgan fingerprint density at radius 3 is 2.53 bits per heavy atom. The molecule has 100 valence electrons. The number of unbranched alkanes of at least 4 members (excludes halogenated alkanes) is 3. The van der Waals surface area contributed by atoms with Crippen molar-refractivity contribution in [3.8, 4) is 0 Å². The molecule has 0 amide bonds. The maximum Gasteiger partial charge on any atom is 0.337 e. The molecule has 0 N–H and O–H groups in total. The number of hydrogen-bond acceptors (Lipinski definition) is 4. The van der Waals surface area contributed by atoms with Gasteiger partial charge in [-0.25, -0.2) is 4.79 Å². The Morgan fingerprint density at radius 2 is 1.94 bits per heavy atom. The van der Waals surface area contributed by atoms with Crippen molar-refractivity contribution in [1.29, 1.82) is 0 Å². The van der Waals surface area contributed by atoms with Gasteiger partial charge in [-0.05, 0) is 26.7 Å². The Bertz CT molecular complexity index is 234. The van der Waals surface area contributed by atoms with Crippen LogP contribution in [0.4, 0.5) is 0 Å². The molecule has 0 spiro atoms. The first kappa shape index (κ1) is 14.5. The van der Waals surface area contributed by atoms with Crippen molar-refractivity contribution >= 4 is 5.97 Å². The van der Waals surface area contributed by atoms with E-state index in [0.29, 0.717) is 12.7 Å². The highest BCUT2D eigenvalue weighted by Crippen LogP contribution is 2.18. The van der Waals surface area contributed by atoms with Gasteiger partial charge in [0.1, 0.15) is 0 Å². The molecule has 4 nitrogen and oxygen atoms in total. The molecule has 1 rings (SSSR count). The Morgan fingerprint density at radius 1 is 1.29 bits per heavy atom. The smallest absolute Gasteiger partial charge is 0.337 e. The monoisotopic (exact) mass is 244 g/mol. The van der Waals surface area contributed by atoms with E-state index in [1.165, 1.54) is 26.4 Å². The number of carbonyl (C=O) groups is 1. The van der Waals surface area contributed by atoms with E-state index in [4.69, 9.17) is 9.47 Å². The first-order chi connectivity index (χ1) is 8.06. The van der Waals surface area contributed by atoms with E-state index in [9.17, 15) is 4.79 Å². The maximum atomic E-state index is 11.3. The molecule has 4 heteroatoms. The zero-order valence-electron chi connectivity index (χ0n) is 11.2. The van der Waals surface area contributed by atoms with Gasteiger partial charge in [0.25, 0.3) is 0 Å². The predicted molar refractivity (Wildman–Crippen MR) is 64.9 cm³/mol. The van der Waals surface area contributed by atoms with E-state index < -0.39 is 5.60 Å². The fourth-order valence-electron chi connectivity index (χ4n) is 1.69. The van der Waals surface area contributed by atoms with Crippen LogP contribution in [-0.4, -0.2) is 38.0 Å². The second-order valence-corrected chi connectivity index (χ2v) is 5.01. The molecule has 0 aromatic heterocycles. The summed E-state index contributed by atoms with van der Waals surface area (Å²) in [5, 5.41) is 0. The third-order valence-electron chi connectivity index (χ3n) is 2.96. The average Bonchev–Trinajstić information content (AvgIpc) is 3.10. The number of epoxide rings is 1. The molecule has 1 aliphatic rings. The third-order valence-corrected chi connectivity index (χ3v) is 2.96. The normalized spacial score (nSPS) is 19.1. The summed E-state index contributed by atoms with van der Waals surface area (Å²) in [6, 6.07) is 0. The molecular formula is C13H24O4. The van der Waals surface area contributed by atoms with Gasteiger partial charge in [-0.3, -0.25) is 0 Å². The Hall–Kier alpha value is -0.610. The minimum atomic E-state index is -0.823. The molecule has 1 heterocycles. The van der Waals surface area contributed by atoms with Crippen LogP contribution in [0.1, 0.15) is 46.0 Å². The van der Waals surface area contributed by atoms with E-state index in [1.54, 1.807) is 13.8 Å². The summed E-state index contributed by atoms with van der Waals surface area (Å²) < 4.78 is 15.3. The number of hydrogen-bond donors (Lipinski definition) is 0. The van der Waals surface area contributed by atoms with Gasteiger partial charge in [-0.2, -0.15) is 0 Å². The molecule has 1 fully saturated rings. The van der Waals surface area contributed by atoms with Crippen LogP contribution in [0, 0.1) is 0 Å². The maximum absolute atomic E-state index is 11.3. The van der Waals surface area contributed by atoms with E-state index in [1.807, 2.05) is 0 Å². The quantitative estimate of drug-likeness (QED) is 0.355. The summed E-state index contributed by atoms with van der Waals surface area (Å²) in [5.74, 6) is -0.316. The Balaban J connectivity index is 1.93. The molecule has 0 aromatic rings. The topological polar surface area (TPSA) is 48.1 Å². The molecule has 1 atom stereocenters. The van der Waals surface area contributed by atoms with Gasteiger partial charge in [0.15, 0.2) is 5.60 Å². The lowest BCUT2D eigenvalue weighted by Gasteiger charge is -2.22. The SMILES string of the molecule is COC(=O)C(C)(C)OCCCCCCC1CO1. The second-order valence-electron chi connectivity index (χ2n) is 5.01. The zero-order valence-corrected chi connectivity index (χ0v) is 11.2. The standard InChI is InChI=1S/C13H24O4/c1-13(2,12(14)15-3)17-9-7-5-4-6-8-11-10-16-11/h11H,4-10H2,1-3H3. The average molecular weight is 244 g/mol. The molecule has 0 aromatic carbocycles.